The highest BCUT2D eigenvalue weighted by Crippen LogP contribution is 2.52. The molecule has 0 saturated carbocycles. The minimum Gasteiger partial charge on any atom is -0.441 e. The van der Waals surface area contributed by atoms with Crippen molar-refractivity contribution >= 4 is 50.4 Å². The molecule has 0 aliphatic rings. The van der Waals surface area contributed by atoms with E-state index in [9.17, 15) is 0 Å². The topological polar surface area (TPSA) is 36.9 Å². The second-order valence-electron chi connectivity index (χ2n) is 15.1. The quantitative estimate of drug-likeness (QED) is 0.140. The van der Waals surface area contributed by atoms with Crippen LogP contribution in [-0.4, -0.2) is 0 Å². The van der Waals surface area contributed by atoms with Gasteiger partial charge in [0.1, 0.15) is 23.0 Å². The lowest BCUT2D eigenvalue weighted by atomic mass is 9.75. The van der Waals surface area contributed by atoms with E-state index in [4.69, 9.17) is 18.1 Å². The zero-order chi connectivity index (χ0) is 35.8. The lowest BCUT2D eigenvalue weighted by molar-refractivity contribution is 0.490. The number of hydrogen-bond acceptors (Lipinski definition) is 4. The van der Waals surface area contributed by atoms with E-state index >= 15 is 0 Å². The molecule has 0 amide bonds. The van der Waals surface area contributed by atoms with Crippen molar-refractivity contribution in [1.29, 1.82) is 0 Å². The predicted molar refractivity (Wildman–Crippen MR) is 219 cm³/mol. The standard InChI is InChI=1S/C45H44O4P2/c1-29-38(44(2,3)4)28-39(45(5,6)7)43(49-51-47-36-24-21-31-15-9-11-18-34(31)27-36)41(29)42-37-19-13-12-16-32(37)22-25-40(42)48-50-46-35-23-20-30-14-8-10-17-33(30)26-35/h8-28,50-51H,1-7H3. The third kappa shape index (κ3) is 7.41. The van der Waals surface area contributed by atoms with Crippen LogP contribution < -0.4 is 18.1 Å². The van der Waals surface area contributed by atoms with Gasteiger partial charge in [-0.05, 0) is 91.5 Å². The van der Waals surface area contributed by atoms with Crippen LogP contribution in [0.2, 0.25) is 0 Å². The molecule has 2 atom stereocenters. The molecule has 0 saturated heterocycles. The first-order valence-electron chi connectivity index (χ1n) is 17.3. The molecule has 258 valence electrons. The van der Waals surface area contributed by atoms with Crippen molar-refractivity contribution in [2.24, 2.45) is 0 Å². The molecular formula is C45H44O4P2. The summed E-state index contributed by atoms with van der Waals surface area (Å²) in [6.07, 6.45) is 0. The van der Waals surface area contributed by atoms with E-state index in [0.29, 0.717) is 0 Å². The van der Waals surface area contributed by atoms with Gasteiger partial charge in [-0.2, -0.15) is 0 Å². The molecule has 0 fully saturated rings. The van der Waals surface area contributed by atoms with Gasteiger partial charge < -0.3 is 18.1 Å². The van der Waals surface area contributed by atoms with E-state index in [1.807, 2.05) is 36.4 Å². The van der Waals surface area contributed by atoms with Crippen molar-refractivity contribution in [3.8, 4) is 34.1 Å². The Morgan fingerprint density at radius 1 is 0.431 bits per heavy atom. The highest BCUT2D eigenvalue weighted by Gasteiger charge is 2.31. The maximum Gasteiger partial charge on any atom is 0.275 e. The summed E-state index contributed by atoms with van der Waals surface area (Å²) < 4.78 is 26.0. The van der Waals surface area contributed by atoms with Crippen molar-refractivity contribution in [3.63, 3.8) is 0 Å². The van der Waals surface area contributed by atoms with Gasteiger partial charge in [0.05, 0.1) is 0 Å². The zero-order valence-electron chi connectivity index (χ0n) is 30.3. The third-order valence-electron chi connectivity index (χ3n) is 9.35. The molecule has 51 heavy (non-hydrogen) atoms. The molecule has 4 nitrogen and oxygen atoms in total. The number of rotatable bonds is 9. The van der Waals surface area contributed by atoms with Crippen LogP contribution in [0.5, 0.6) is 23.0 Å². The number of fused-ring (bicyclic) bond motifs is 3. The fourth-order valence-electron chi connectivity index (χ4n) is 6.78. The van der Waals surface area contributed by atoms with Crippen molar-refractivity contribution in [2.75, 3.05) is 0 Å². The summed E-state index contributed by atoms with van der Waals surface area (Å²) in [6.45, 7) is 15.8. The highest BCUT2D eigenvalue weighted by atomic mass is 31.1. The molecule has 0 aliphatic heterocycles. The van der Waals surface area contributed by atoms with Crippen LogP contribution in [0.15, 0.2) is 127 Å². The smallest absolute Gasteiger partial charge is 0.275 e. The largest absolute Gasteiger partial charge is 0.441 e. The minimum absolute atomic E-state index is 0.117. The van der Waals surface area contributed by atoms with Crippen LogP contribution in [0.3, 0.4) is 0 Å². The Bertz CT molecular complexity index is 2370. The van der Waals surface area contributed by atoms with Gasteiger partial charge in [0, 0.05) is 16.7 Å². The molecule has 0 N–H and O–H groups in total. The summed E-state index contributed by atoms with van der Waals surface area (Å²) in [5.74, 6) is 3.10. The van der Waals surface area contributed by atoms with Gasteiger partial charge in [0.2, 0.25) is 0 Å². The van der Waals surface area contributed by atoms with Crippen LogP contribution in [0.25, 0.3) is 43.4 Å². The van der Waals surface area contributed by atoms with Gasteiger partial charge in [-0.3, -0.25) is 0 Å². The molecular weight excluding hydrogens is 666 g/mol. The number of hydrogen-bond donors (Lipinski definition) is 0. The van der Waals surface area contributed by atoms with Crippen molar-refractivity contribution < 1.29 is 18.1 Å². The maximum absolute atomic E-state index is 6.85. The second kappa shape index (κ2) is 14.2. The van der Waals surface area contributed by atoms with Crippen LogP contribution in [0.1, 0.15) is 58.2 Å². The van der Waals surface area contributed by atoms with E-state index < -0.39 is 0 Å². The minimum atomic E-state index is -0.261. The molecule has 0 aromatic heterocycles. The van der Waals surface area contributed by atoms with Gasteiger partial charge >= 0.3 is 0 Å². The van der Waals surface area contributed by atoms with Crippen molar-refractivity contribution in [3.05, 3.63) is 144 Å². The fourth-order valence-corrected chi connectivity index (χ4v) is 7.87. The molecule has 0 radical (unpaired) electrons. The van der Waals surface area contributed by atoms with Crippen LogP contribution in [0, 0.1) is 6.92 Å². The Hall–Kier alpha value is -4.62. The molecule has 7 aromatic carbocycles. The molecule has 6 heteroatoms. The summed E-state index contributed by atoms with van der Waals surface area (Å²) in [5, 5.41) is 6.82. The van der Waals surface area contributed by atoms with Crippen molar-refractivity contribution in [2.45, 2.75) is 59.3 Å². The molecule has 7 aromatic rings. The van der Waals surface area contributed by atoms with E-state index in [-0.39, 0.29) is 28.9 Å². The summed E-state index contributed by atoms with van der Waals surface area (Å²) in [6, 6.07) is 43.9. The summed E-state index contributed by atoms with van der Waals surface area (Å²) in [5.41, 5.74) is 5.21. The summed E-state index contributed by atoms with van der Waals surface area (Å²) in [4.78, 5) is 0. The molecule has 0 bridgehead atoms. The molecule has 0 spiro atoms. The second-order valence-corrected chi connectivity index (χ2v) is 16.2. The van der Waals surface area contributed by atoms with Gasteiger partial charge in [-0.15, -0.1) is 0 Å². The first-order chi connectivity index (χ1) is 24.5. The van der Waals surface area contributed by atoms with Crippen LogP contribution in [-0.2, 0) is 10.8 Å². The Balaban J connectivity index is 1.33. The van der Waals surface area contributed by atoms with Crippen LogP contribution >= 0.6 is 18.1 Å². The van der Waals surface area contributed by atoms with Gasteiger partial charge in [-0.25, -0.2) is 0 Å². The average molecular weight is 711 g/mol. The van der Waals surface area contributed by atoms with Gasteiger partial charge in [-0.1, -0.05) is 139 Å². The average Bonchev–Trinajstić information content (AvgIpc) is 3.11. The summed E-state index contributed by atoms with van der Waals surface area (Å²) >= 11 is 0. The van der Waals surface area contributed by atoms with Gasteiger partial charge in [0.15, 0.2) is 0 Å². The van der Waals surface area contributed by atoms with E-state index in [0.717, 1.165) is 66.8 Å². The van der Waals surface area contributed by atoms with Crippen LogP contribution in [0.4, 0.5) is 0 Å². The van der Waals surface area contributed by atoms with E-state index in [2.05, 4.69) is 139 Å². The molecule has 7 rings (SSSR count). The Labute approximate surface area is 305 Å². The molecule has 0 heterocycles. The van der Waals surface area contributed by atoms with Gasteiger partial charge in [0.25, 0.3) is 18.1 Å². The summed E-state index contributed by atoms with van der Waals surface area (Å²) in [7, 11) is -0.514. The number of benzene rings is 7. The molecule has 0 aliphatic carbocycles. The monoisotopic (exact) mass is 710 g/mol. The highest BCUT2D eigenvalue weighted by molar-refractivity contribution is 7.27. The predicted octanol–water partition coefficient (Wildman–Crippen LogP) is 13.6. The third-order valence-corrected chi connectivity index (χ3v) is 10.6. The SMILES string of the molecule is Cc1c(C(C)(C)C)cc(C(C)(C)C)c(OPOc2ccc3ccccc3c2)c1-c1c(OPOc2ccc3ccccc3c2)ccc2ccccc12. The maximum atomic E-state index is 6.85. The Morgan fingerprint density at radius 3 is 1.49 bits per heavy atom. The fraction of sp³-hybridized carbons (Fsp3) is 0.200. The van der Waals surface area contributed by atoms with E-state index in [1.165, 1.54) is 16.3 Å². The van der Waals surface area contributed by atoms with E-state index in [1.54, 1.807) is 0 Å². The normalized spacial score (nSPS) is 12.5. The first kappa shape index (κ1) is 34.8. The lowest BCUT2D eigenvalue weighted by Crippen LogP contribution is -2.19. The Morgan fingerprint density at radius 2 is 0.922 bits per heavy atom. The zero-order valence-corrected chi connectivity index (χ0v) is 32.3. The Kier molecular flexibility index (Phi) is 9.68. The molecule has 2 unspecified atom stereocenters. The van der Waals surface area contributed by atoms with Crippen molar-refractivity contribution in [1.82, 2.24) is 0 Å². The first-order valence-corrected chi connectivity index (χ1v) is 19.0. The lowest BCUT2D eigenvalue weighted by Gasteiger charge is -2.32.